The number of nitrogens with zero attached hydrogens (tertiary/aromatic N) is 3. The molecule has 1 atom stereocenters. The van der Waals surface area contributed by atoms with Crippen LogP contribution in [0.2, 0.25) is 10.0 Å². The van der Waals surface area contributed by atoms with E-state index in [4.69, 9.17) is 28.3 Å². The largest absolute Gasteiger partial charge is 0.481 e. The van der Waals surface area contributed by atoms with Crippen LogP contribution >= 0.6 is 23.2 Å². The van der Waals surface area contributed by atoms with Crippen molar-refractivity contribution in [3.8, 4) is 0 Å². The Kier molecular flexibility index (Phi) is 7.44. The second-order valence-electron chi connectivity index (χ2n) is 9.53. The molecule has 0 radical (unpaired) electrons. The SMILES string of the molecule is CC1CC(C(F)(F)F)=Cc2c1nc(Cc1c(Cl)ccc(C(=O)N3CCC(CC(=O)O)CC3)c1Cl)n2C. The third-order valence-electron chi connectivity index (χ3n) is 7.04. The quantitative estimate of drug-likeness (QED) is 0.494. The van der Waals surface area contributed by atoms with E-state index in [1.807, 2.05) is 0 Å². The Bertz CT molecular complexity index is 1230. The molecule has 1 aromatic carbocycles. The van der Waals surface area contributed by atoms with Crippen LogP contribution in [0.4, 0.5) is 13.2 Å². The maximum atomic E-state index is 13.4. The first-order valence-corrected chi connectivity index (χ1v) is 12.4. The molecule has 1 unspecified atom stereocenters. The van der Waals surface area contributed by atoms with Crippen LogP contribution in [-0.2, 0) is 18.3 Å². The predicted molar refractivity (Wildman–Crippen MR) is 130 cm³/mol. The molecule has 2 heterocycles. The molecule has 2 aliphatic rings. The molecule has 1 aromatic heterocycles. The number of carboxylic acids is 1. The highest BCUT2D eigenvalue weighted by atomic mass is 35.5. The number of aromatic nitrogens is 2. The Morgan fingerprint density at radius 2 is 1.86 bits per heavy atom. The molecule has 1 fully saturated rings. The molecule has 0 spiro atoms. The smallest absolute Gasteiger partial charge is 0.412 e. The summed E-state index contributed by atoms with van der Waals surface area (Å²) >= 11 is 13.1. The van der Waals surface area contributed by atoms with Gasteiger partial charge in [0, 0.05) is 49.5 Å². The molecule has 36 heavy (non-hydrogen) atoms. The molecule has 4 rings (SSSR count). The second-order valence-corrected chi connectivity index (χ2v) is 10.3. The fourth-order valence-electron chi connectivity index (χ4n) is 4.96. The first-order valence-electron chi connectivity index (χ1n) is 11.7. The van der Waals surface area contributed by atoms with Crippen LogP contribution in [0.3, 0.4) is 0 Å². The van der Waals surface area contributed by atoms with Crippen molar-refractivity contribution in [2.45, 2.75) is 51.1 Å². The Morgan fingerprint density at radius 1 is 1.19 bits per heavy atom. The van der Waals surface area contributed by atoms with Crippen LogP contribution < -0.4 is 0 Å². The van der Waals surface area contributed by atoms with E-state index < -0.39 is 23.6 Å². The number of aliphatic carboxylic acids is 1. The predicted octanol–water partition coefficient (Wildman–Crippen LogP) is 6.10. The highest BCUT2D eigenvalue weighted by molar-refractivity contribution is 6.38. The Labute approximate surface area is 216 Å². The maximum Gasteiger partial charge on any atom is 0.412 e. The Morgan fingerprint density at radius 3 is 2.47 bits per heavy atom. The van der Waals surface area contributed by atoms with Crippen LogP contribution in [0.1, 0.15) is 71.7 Å². The summed E-state index contributed by atoms with van der Waals surface area (Å²) in [5.74, 6) is -0.983. The fraction of sp³-hybridized carbons (Fsp3) is 0.480. The van der Waals surface area contributed by atoms with E-state index in [0.29, 0.717) is 53.7 Å². The second kappa shape index (κ2) is 10.1. The number of hydrogen-bond donors (Lipinski definition) is 1. The summed E-state index contributed by atoms with van der Waals surface area (Å²) < 4.78 is 41.7. The minimum Gasteiger partial charge on any atom is -0.481 e. The molecule has 6 nitrogen and oxygen atoms in total. The lowest BCUT2D eigenvalue weighted by Crippen LogP contribution is -2.39. The lowest BCUT2D eigenvalue weighted by Gasteiger charge is -2.31. The van der Waals surface area contributed by atoms with Crippen molar-refractivity contribution in [3.63, 3.8) is 0 Å². The van der Waals surface area contributed by atoms with E-state index in [9.17, 15) is 22.8 Å². The number of halogens is 5. The van der Waals surface area contributed by atoms with Gasteiger partial charge in [-0.2, -0.15) is 13.2 Å². The van der Waals surface area contributed by atoms with Gasteiger partial charge in [0.15, 0.2) is 0 Å². The van der Waals surface area contributed by atoms with Crippen molar-refractivity contribution in [1.29, 1.82) is 0 Å². The van der Waals surface area contributed by atoms with Crippen LogP contribution in [0.25, 0.3) is 6.08 Å². The molecule has 1 saturated heterocycles. The number of fused-ring (bicyclic) bond motifs is 1. The minimum absolute atomic E-state index is 0.0338. The number of allylic oxidation sites excluding steroid dienone is 1. The number of amides is 1. The van der Waals surface area contributed by atoms with E-state index in [1.165, 1.54) is 0 Å². The third kappa shape index (κ3) is 5.27. The van der Waals surface area contributed by atoms with Crippen LogP contribution in [0.15, 0.2) is 17.7 Å². The molecular formula is C25H26Cl2F3N3O3. The number of carboxylic acid groups (broad SMARTS) is 1. The van der Waals surface area contributed by atoms with E-state index in [0.717, 1.165) is 6.08 Å². The molecule has 1 N–H and O–H groups in total. The first kappa shape index (κ1) is 26.5. The van der Waals surface area contributed by atoms with Crippen LogP contribution in [0, 0.1) is 5.92 Å². The van der Waals surface area contributed by atoms with Crippen molar-refractivity contribution in [2.24, 2.45) is 13.0 Å². The molecule has 0 bridgehead atoms. The van der Waals surface area contributed by atoms with Crippen LogP contribution in [0.5, 0.6) is 0 Å². The number of alkyl halides is 3. The number of carbonyl (C=O) groups excluding carboxylic acids is 1. The van der Waals surface area contributed by atoms with E-state index in [1.54, 1.807) is 35.6 Å². The number of piperidine rings is 1. The van der Waals surface area contributed by atoms with Gasteiger partial charge in [-0.05, 0) is 49.0 Å². The number of likely N-dealkylation sites (tertiary alicyclic amines) is 1. The Hall–Kier alpha value is -2.52. The molecule has 1 aliphatic carbocycles. The summed E-state index contributed by atoms with van der Waals surface area (Å²) in [4.78, 5) is 30.4. The van der Waals surface area contributed by atoms with Gasteiger partial charge in [0.1, 0.15) is 5.82 Å². The van der Waals surface area contributed by atoms with E-state index >= 15 is 0 Å². The lowest BCUT2D eigenvalue weighted by molar-refractivity contribution is -0.138. The molecule has 194 valence electrons. The van der Waals surface area contributed by atoms with Gasteiger partial charge < -0.3 is 14.6 Å². The minimum atomic E-state index is -4.40. The molecule has 11 heteroatoms. The number of imidazole rings is 1. The third-order valence-corrected chi connectivity index (χ3v) is 7.83. The summed E-state index contributed by atoms with van der Waals surface area (Å²) in [6.45, 7) is 2.58. The van der Waals surface area contributed by atoms with Gasteiger partial charge in [-0.3, -0.25) is 9.59 Å². The van der Waals surface area contributed by atoms with Crippen molar-refractivity contribution < 1.29 is 27.9 Å². The molecular weight excluding hydrogens is 518 g/mol. The summed E-state index contributed by atoms with van der Waals surface area (Å²) in [6.07, 6.45) is -1.98. The molecule has 1 amide bonds. The van der Waals surface area contributed by atoms with Gasteiger partial charge in [-0.1, -0.05) is 30.1 Å². The van der Waals surface area contributed by atoms with Gasteiger partial charge in [-0.25, -0.2) is 4.98 Å². The molecule has 1 aliphatic heterocycles. The highest BCUT2D eigenvalue weighted by Crippen LogP contribution is 2.41. The molecule has 2 aromatic rings. The van der Waals surface area contributed by atoms with Crippen molar-refractivity contribution in [1.82, 2.24) is 14.5 Å². The number of hydrogen-bond acceptors (Lipinski definition) is 3. The first-order chi connectivity index (χ1) is 16.9. The van der Waals surface area contributed by atoms with Crippen molar-refractivity contribution in [3.05, 3.63) is 56.1 Å². The summed E-state index contributed by atoms with van der Waals surface area (Å²) in [6, 6.07) is 3.14. The van der Waals surface area contributed by atoms with E-state index in [2.05, 4.69) is 4.98 Å². The lowest BCUT2D eigenvalue weighted by atomic mass is 9.90. The van der Waals surface area contributed by atoms with Crippen LogP contribution in [-0.4, -0.2) is 50.7 Å². The van der Waals surface area contributed by atoms with Gasteiger partial charge >= 0.3 is 12.1 Å². The van der Waals surface area contributed by atoms with Crippen molar-refractivity contribution >= 4 is 41.2 Å². The average Bonchev–Trinajstić information content (AvgIpc) is 3.12. The normalized spacial score (nSPS) is 18.7. The topological polar surface area (TPSA) is 75.4 Å². The van der Waals surface area contributed by atoms with E-state index in [-0.39, 0.29) is 41.7 Å². The number of rotatable bonds is 5. The van der Waals surface area contributed by atoms with Gasteiger partial charge in [-0.15, -0.1) is 0 Å². The zero-order valence-corrected chi connectivity index (χ0v) is 21.3. The average molecular weight is 544 g/mol. The summed E-state index contributed by atoms with van der Waals surface area (Å²) in [7, 11) is 1.65. The number of benzene rings is 1. The summed E-state index contributed by atoms with van der Waals surface area (Å²) in [5.41, 5.74) is 1.15. The van der Waals surface area contributed by atoms with Gasteiger partial charge in [0.25, 0.3) is 5.91 Å². The Balaban J connectivity index is 1.59. The molecule has 0 saturated carbocycles. The summed E-state index contributed by atoms with van der Waals surface area (Å²) in [5, 5.41) is 9.51. The highest BCUT2D eigenvalue weighted by Gasteiger charge is 2.38. The van der Waals surface area contributed by atoms with Crippen molar-refractivity contribution in [2.75, 3.05) is 13.1 Å². The van der Waals surface area contributed by atoms with Gasteiger partial charge in [0.2, 0.25) is 0 Å². The fourth-order valence-corrected chi connectivity index (χ4v) is 5.55. The monoisotopic (exact) mass is 543 g/mol. The standard InChI is InChI=1S/C25H26Cl2F3N3O3/c1-13-9-15(25(28,29)30)11-19-23(13)31-20(32(19)2)12-17-18(26)4-3-16(22(17)27)24(36)33-7-5-14(6-8-33)10-21(34)35/h3-4,11,13-14H,5-10,12H2,1-2H3,(H,34,35). The zero-order valence-electron chi connectivity index (χ0n) is 19.8. The number of carbonyl (C=O) groups is 2. The maximum absolute atomic E-state index is 13.4. The zero-order chi connectivity index (χ0) is 26.4. The van der Waals surface area contributed by atoms with Gasteiger partial charge in [0.05, 0.1) is 22.0 Å².